The number of halogens is 3. The number of benzene rings is 1. The summed E-state index contributed by atoms with van der Waals surface area (Å²) in [6, 6.07) is 2.76. The number of carbonyl (C=O) groups is 1. The number of alkyl halides is 3. The molecule has 0 aromatic heterocycles. The van der Waals surface area contributed by atoms with Gasteiger partial charge in [-0.2, -0.15) is 21.6 Å². The Bertz CT molecular complexity index is 591. The summed E-state index contributed by atoms with van der Waals surface area (Å²) < 4.78 is 62.8. The zero-order chi connectivity index (χ0) is 14.8. The van der Waals surface area contributed by atoms with Crippen molar-refractivity contribution in [2.24, 2.45) is 0 Å². The van der Waals surface area contributed by atoms with E-state index in [1.54, 1.807) is 6.92 Å². The topological polar surface area (TPSA) is 60.4 Å². The smallest absolute Gasteiger partial charge is 0.375 e. The van der Waals surface area contributed by atoms with Gasteiger partial charge in [0.25, 0.3) is 0 Å². The Morgan fingerprint density at radius 1 is 1.32 bits per heavy atom. The molecule has 8 heteroatoms. The maximum Gasteiger partial charge on any atom is 0.534 e. The normalized spacial score (nSPS) is 12.3. The molecule has 0 aliphatic carbocycles. The molecule has 0 saturated heterocycles. The Morgan fingerprint density at radius 3 is 2.32 bits per heavy atom. The Hall–Kier alpha value is -1.57. The molecular weight excluding hydrogens is 285 g/mol. The van der Waals surface area contributed by atoms with Gasteiger partial charge >= 0.3 is 15.6 Å². The summed E-state index contributed by atoms with van der Waals surface area (Å²) in [4.78, 5) is 10.8. The lowest BCUT2D eigenvalue weighted by molar-refractivity contribution is -0.0500. The van der Waals surface area contributed by atoms with Gasteiger partial charge in [0.05, 0.1) is 5.56 Å². The zero-order valence-electron chi connectivity index (χ0n) is 10.1. The molecule has 0 N–H and O–H groups in total. The van der Waals surface area contributed by atoms with Crippen molar-refractivity contribution in [2.45, 2.75) is 25.8 Å². The molecule has 1 aromatic rings. The average Bonchev–Trinajstić information content (AvgIpc) is 2.30. The van der Waals surface area contributed by atoms with Crippen molar-refractivity contribution >= 4 is 16.4 Å². The van der Waals surface area contributed by atoms with Crippen LogP contribution in [0.4, 0.5) is 13.2 Å². The maximum atomic E-state index is 12.3. The second-order valence-corrected chi connectivity index (χ2v) is 5.26. The van der Waals surface area contributed by atoms with Gasteiger partial charge in [0, 0.05) is 0 Å². The molecule has 0 saturated carbocycles. The first-order valence-electron chi connectivity index (χ1n) is 5.22. The van der Waals surface area contributed by atoms with E-state index in [0.29, 0.717) is 12.0 Å². The summed E-state index contributed by atoms with van der Waals surface area (Å²) in [5.41, 5.74) is -5.00. The highest BCUT2D eigenvalue weighted by Gasteiger charge is 2.49. The second kappa shape index (κ2) is 5.20. The predicted octanol–water partition coefficient (Wildman–Crippen LogP) is 2.60. The van der Waals surface area contributed by atoms with Crippen LogP contribution >= 0.6 is 0 Å². The van der Waals surface area contributed by atoms with E-state index in [9.17, 15) is 26.4 Å². The molecule has 0 aliphatic rings. The van der Waals surface area contributed by atoms with Crippen molar-refractivity contribution in [2.75, 3.05) is 0 Å². The highest BCUT2D eigenvalue weighted by Crippen LogP contribution is 2.32. The molecule has 1 rings (SSSR count). The minimum Gasteiger partial charge on any atom is -0.375 e. The van der Waals surface area contributed by atoms with Gasteiger partial charge in [-0.3, -0.25) is 4.79 Å². The van der Waals surface area contributed by atoms with Crippen molar-refractivity contribution < 1.29 is 30.6 Å². The summed E-state index contributed by atoms with van der Waals surface area (Å²) >= 11 is 0. The molecule has 4 nitrogen and oxygen atoms in total. The lowest BCUT2D eigenvalue weighted by atomic mass is 10.0. The number of aryl methyl sites for hydroxylation is 1. The fraction of sp³-hybridized carbons (Fsp3) is 0.364. The molecule has 0 bridgehead atoms. The third kappa shape index (κ3) is 3.06. The van der Waals surface area contributed by atoms with Crippen molar-refractivity contribution in [3.63, 3.8) is 0 Å². The summed E-state index contributed by atoms with van der Waals surface area (Å²) in [6.07, 6.45) is 0.709. The highest BCUT2D eigenvalue weighted by atomic mass is 32.2. The van der Waals surface area contributed by atoms with E-state index in [1.165, 1.54) is 19.1 Å². The van der Waals surface area contributed by atoms with Crippen LogP contribution in [0, 0.1) is 6.92 Å². The molecule has 0 fully saturated rings. The number of aldehydes is 1. The van der Waals surface area contributed by atoms with Gasteiger partial charge < -0.3 is 4.18 Å². The highest BCUT2D eigenvalue weighted by molar-refractivity contribution is 7.88. The maximum absolute atomic E-state index is 12.3. The van der Waals surface area contributed by atoms with Crippen molar-refractivity contribution in [1.29, 1.82) is 0 Å². The zero-order valence-corrected chi connectivity index (χ0v) is 10.9. The van der Waals surface area contributed by atoms with Crippen LogP contribution in [0.5, 0.6) is 5.75 Å². The Balaban J connectivity index is 3.39. The molecule has 0 heterocycles. The van der Waals surface area contributed by atoms with Crippen LogP contribution in [0.15, 0.2) is 12.1 Å². The van der Waals surface area contributed by atoms with Crippen molar-refractivity contribution in [1.82, 2.24) is 0 Å². The lowest BCUT2D eigenvalue weighted by Crippen LogP contribution is -2.28. The summed E-state index contributed by atoms with van der Waals surface area (Å²) in [7, 11) is -5.79. The summed E-state index contributed by atoms with van der Waals surface area (Å²) in [5, 5.41) is 0. The standard InChI is InChI=1S/C11H11F3O4S/c1-3-8-4-5-9(6-15)10(7(8)2)18-19(16,17)11(12,13)14/h4-6H,3H2,1-2H3. The number of hydrogen-bond donors (Lipinski definition) is 0. The molecule has 0 amide bonds. The van der Waals surface area contributed by atoms with Crippen molar-refractivity contribution in [3.05, 3.63) is 28.8 Å². The van der Waals surface area contributed by atoms with E-state index >= 15 is 0 Å². The predicted molar refractivity (Wildman–Crippen MR) is 61.5 cm³/mol. The van der Waals surface area contributed by atoms with E-state index in [0.717, 1.165) is 0 Å². The monoisotopic (exact) mass is 296 g/mol. The molecule has 0 spiro atoms. The third-order valence-electron chi connectivity index (χ3n) is 2.53. The first-order chi connectivity index (χ1) is 8.64. The Labute approximate surface area is 108 Å². The van der Waals surface area contributed by atoms with E-state index in [1.807, 2.05) is 0 Å². The van der Waals surface area contributed by atoms with E-state index < -0.39 is 21.4 Å². The quantitative estimate of drug-likeness (QED) is 0.487. The summed E-state index contributed by atoms with van der Waals surface area (Å²) in [6.45, 7) is 3.14. The van der Waals surface area contributed by atoms with Crippen LogP contribution < -0.4 is 4.18 Å². The number of carbonyl (C=O) groups excluding carboxylic acids is 1. The molecule has 1 aromatic carbocycles. The lowest BCUT2D eigenvalue weighted by Gasteiger charge is -2.15. The van der Waals surface area contributed by atoms with E-state index in [4.69, 9.17) is 0 Å². The minimum absolute atomic E-state index is 0.194. The first-order valence-corrected chi connectivity index (χ1v) is 6.63. The number of hydrogen-bond acceptors (Lipinski definition) is 4. The van der Waals surface area contributed by atoms with Crippen LogP contribution in [-0.2, 0) is 16.5 Å². The minimum atomic E-state index is -5.79. The third-order valence-corrected chi connectivity index (χ3v) is 3.49. The molecule has 0 unspecified atom stereocenters. The van der Waals surface area contributed by atoms with E-state index in [2.05, 4.69) is 4.18 Å². The largest absolute Gasteiger partial charge is 0.534 e. The fourth-order valence-corrected chi connectivity index (χ4v) is 2.03. The van der Waals surface area contributed by atoms with Gasteiger partial charge in [-0.25, -0.2) is 0 Å². The molecule has 0 radical (unpaired) electrons. The van der Waals surface area contributed by atoms with Crippen LogP contribution in [0.3, 0.4) is 0 Å². The van der Waals surface area contributed by atoms with Gasteiger partial charge in [-0.1, -0.05) is 13.0 Å². The molecule has 106 valence electrons. The van der Waals surface area contributed by atoms with Gasteiger partial charge in [-0.15, -0.1) is 0 Å². The van der Waals surface area contributed by atoms with Gasteiger partial charge in [-0.05, 0) is 30.5 Å². The van der Waals surface area contributed by atoms with Crippen LogP contribution in [0.25, 0.3) is 0 Å². The SMILES string of the molecule is CCc1ccc(C=O)c(OS(=O)(=O)C(F)(F)F)c1C. The second-order valence-electron chi connectivity index (χ2n) is 3.72. The molecule has 0 atom stereocenters. The molecule has 0 aliphatic heterocycles. The van der Waals surface area contributed by atoms with Crippen molar-refractivity contribution in [3.8, 4) is 5.75 Å². The van der Waals surface area contributed by atoms with Gasteiger partial charge in [0.2, 0.25) is 0 Å². The Kier molecular flexibility index (Phi) is 4.24. The van der Waals surface area contributed by atoms with Crippen LogP contribution in [-0.4, -0.2) is 20.2 Å². The average molecular weight is 296 g/mol. The Morgan fingerprint density at radius 2 is 1.89 bits per heavy atom. The fourth-order valence-electron chi connectivity index (χ4n) is 1.50. The van der Waals surface area contributed by atoms with E-state index in [-0.39, 0.29) is 17.4 Å². The van der Waals surface area contributed by atoms with Crippen LogP contribution in [0.2, 0.25) is 0 Å². The molecular formula is C11H11F3O4S. The summed E-state index contributed by atoms with van der Waals surface area (Å²) in [5.74, 6) is -0.577. The first kappa shape index (κ1) is 15.5. The van der Waals surface area contributed by atoms with Gasteiger partial charge in [0.15, 0.2) is 12.0 Å². The molecule has 19 heavy (non-hydrogen) atoms. The van der Waals surface area contributed by atoms with Crippen LogP contribution in [0.1, 0.15) is 28.4 Å². The van der Waals surface area contributed by atoms with Gasteiger partial charge in [0.1, 0.15) is 0 Å². The number of rotatable bonds is 4.